The molecule has 0 aliphatic rings. The van der Waals surface area contributed by atoms with E-state index in [1.54, 1.807) is 48.1 Å². The van der Waals surface area contributed by atoms with E-state index in [0.717, 1.165) is 11.3 Å². The van der Waals surface area contributed by atoms with E-state index in [-0.39, 0.29) is 24.0 Å². The zero-order valence-corrected chi connectivity index (χ0v) is 15.8. The second kappa shape index (κ2) is 7.57. The lowest BCUT2D eigenvalue weighted by molar-refractivity contribution is -0.115. The van der Waals surface area contributed by atoms with Crippen LogP contribution in [0, 0.1) is 6.92 Å². The average molecular weight is 417 g/mol. The monoisotopic (exact) mass is 416 g/mol. The summed E-state index contributed by atoms with van der Waals surface area (Å²) in [6, 6.07) is 12.1. The van der Waals surface area contributed by atoms with Gasteiger partial charge in [0.05, 0.1) is 12.1 Å². The minimum atomic E-state index is -0.340. The molecule has 0 aliphatic heterocycles. The molecule has 0 aliphatic carbocycles. The molecular weight excluding hydrogens is 400 g/mol. The van der Waals surface area contributed by atoms with Crippen LogP contribution in [-0.4, -0.2) is 21.6 Å². The number of carbonyl (C=O) groups is 2. The fourth-order valence-electron chi connectivity index (χ4n) is 2.43. The van der Waals surface area contributed by atoms with Crippen LogP contribution in [0.2, 0.25) is 0 Å². The average Bonchev–Trinajstić information content (AvgIpc) is 3.15. The Morgan fingerprint density at radius 1 is 1.15 bits per heavy atom. The molecule has 0 saturated heterocycles. The van der Waals surface area contributed by atoms with E-state index in [1.807, 2.05) is 13.0 Å². The summed E-state index contributed by atoms with van der Waals surface area (Å²) < 4.78 is 7.32. The van der Waals surface area contributed by atoms with Crippen molar-refractivity contribution in [3.05, 3.63) is 64.2 Å². The molecule has 2 N–H and O–H groups in total. The predicted molar refractivity (Wildman–Crippen MR) is 101 cm³/mol. The van der Waals surface area contributed by atoms with E-state index in [2.05, 4.69) is 31.7 Å². The number of anilines is 2. The SMILES string of the molecule is Cc1cc(NC(=O)Cc2ccc(NC(=O)c3ccc(Br)o3)cc2)n(C)n1. The molecule has 7 nitrogen and oxygen atoms in total. The standard InChI is InChI=1S/C18H17BrN4O3/c1-11-9-16(23(2)22-11)21-17(24)10-12-3-5-13(6-4-12)20-18(25)14-7-8-15(19)26-14/h3-9H,10H2,1-2H3,(H,20,25)(H,21,24). The van der Waals surface area contributed by atoms with E-state index in [4.69, 9.17) is 4.42 Å². The van der Waals surface area contributed by atoms with Gasteiger partial charge in [-0.2, -0.15) is 5.10 Å². The summed E-state index contributed by atoms with van der Waals surface area (Å²) in [5, 5.41) is 9.75. The number of hydrogen-bond acceptors (Lipinski definition) is 4. The first-order valence-corrected chi connectivity index (χ1v) is 8.66. The first-order chi connectivity index (χ1) is 12.4. The van der Waals surface area contributed by atoms with Crippen molar-refractivity contribution in [2.24, 2.45) is 7.05 Å². The van der Waals surface area contributed by atoms with Crippen molar-refractivity contribution in [1.82, 2.24) is 9.78 Å². The van der Waals surface area contributed by atoms with E-state index < -0.39 is 0 Å². The molecule has 1 aromatic carbocycles. The Morgan fingerprint density at radius 2 is 1.88 bits per heavy atom. The van der Waals surface area contributed by atoms with Crippen LogP contribution in [0.3, 0.4) is 0 Å². The minimum Gasteiger partial charge on any atom is -0.444 e. The van der Waals surface area contributed by atoms with Crippen molar-refractivity contribution < 1.29 is 14.0 Å². The van der Waals surface area contributed by atoms with Gasteiger partial charge in [-0.15, -0.1) is 0 Å². The summed E-state index contributed by atoms with van der Waals surface area (Å²) in [6.07, 6.45) is 0.226. The number of aromatic nitrogens is 2. The normalized spacial score (nSPS) is 10.6. The van der Waals surface area contributed by atoms with E-state index >= 15 is 0 Å². The van der Waals surface area contributed by atoms with E-state index in [9.17, 15) is 9.59 Å². The van der Waals surface area contributed by atoms with Crippen LogP contribution in [0.15, 0.2) is 51.6 Å². The quantitative estimate of drug-likeness (QED) is 0.665. The maximum absolute atomic E-state index is 12.2. The molecule has 3 rings (SSSR count). The highest BCUT2D eigenvalue weighted by molar-refractivity contribution is 9.10. The molecule has 0 spiro atoms. The molecule has 0 atom stereocenters. The first kappa shape index (κ1) is 17.9. The lowest BCUT2D eigenvalue weighted by Crippen LogP contribution is -2.16. The highest BCUT2D eigenvalue weighted by atomic mass is 79.9. The van der Waals surface area contributed by atoms with Crippen LogP contribution in [0.5, 0.6) is 0 Å². The molecular formula is C18H17BrN4O3. The maximum Gasteiger partial charge on any atom is 0.291 e. The Balaban J connectivity index is 1.58. The van der Waals surface area contributed by atoms with Gasteiger partial charge in [0, 0.05) is 18.8 Å². The molecule has 3 aromatic rings. The highest BCUT2D eigenvalue weighted by Gasteiger charge is 2.11. The highest BCUT2D eigenvalue weighted by Crippen LogP contribution is 2.17. The zero-order valence-electron chi connectivity index (χ0n) is 14.2. The number of hydrogen-bond donors (Lipinski definition) is 2. The number of halogens is 1. The van der Waals surface area contributed by atoms with Crippen LogP contribution in [0.4, 0.5) is 11.5 Å². The fraction of sp³-hybridized carbons (Fsp3) is 0.167. The third-order valence-electron chi connectivity index (χ3n) is 3.64. The third kappa shape index (κ3) is 4.40. The summed E-state index contributed by atoms with van der Waals surface area (Å²) >= 11 is 3.16. The number of rotatable bonds is 5. The number of benzene rings is 1. The molecule has 2 heterocycles. The summed E-state index contributed by atoms with van der Waals surface area (Å²) in [5.41, 5.74) is 2.29. The van der Waals surface area contributed by atoms with Crippen molar-refractivity contribution >= 4 is 39.2 Å². The number of amides is 2. The molecule has 0 radical (unpaired) electrons. The van der Waals surface area contributed by atoms with Gasteiger partial charge < -0.3 is 15.1 Å². The van der Waals surface area contributed by atoms with Gasteiger partial charge in [-0.1, -0.05) is 12.1 Å². The summed E-state index contributed by atoms with van der Waals surface area (Å²) in [4.78, 5) is 24.2. The minimum absolute atomic E-state index is 0.134. The van der Waals surface area contributed by atoms with Crippen LogP contribution < -0.4 is 10.6 Å². The third-order valence-corrected chi connectivity index (χ3v) is 4.07. The van der Waals surface area contributed by atoms with Gasteiger partial charge in [0.15, 0.2) is 10.4 Å². The Hall–Kier alpha value is -2.87. The summed E-state index contributed by atoms with van der Waals surface area (Å²) in [7, 11) is 1.78. The van der Waals surface area contributed by atoms with Gasteiger partial charge in [-0.05, 0) is 52.7 Å². The molecule has 0 unspecified atom stereocenters. The molecule has 8 heteroatoms. The van der Waals surface area contributed by atoms with Crippen LogP contribution in [-0.2, 0) is 18.3 Å². The fourth-order valence-corrected chi connectivity index (χ4v) is 2.74. The van der Waals surface area contributed by atoms with Crippen molar-refractivity contribution in [3.63, 3.8) is 0 Å². The van der Waals surface area contributed by atoms with Gasteiger partial charge in [0.2, 0.25) is 5.91 Å². The summed E-state index contributed by atoms with van der Waals surface area (Å²) in [5.74, 6) is 0.394. The first-order valence-electron chi connectivity index (χ1n) is 7.87. The molecule has 2 aromatic heterocycles. The van der Waals surface area contributed by atoms with E-state index in [1.165, 1.54) is 0 Å². The maximum atomic E-state index is 12.2. The Morgan fingerprint density at radius 3 is 2.46 bits per heavy atom. The Bertz CT molecular complexity index is 944. The van der Waals surface area contributed by atoms with Crippen LogP contribution in [0.25, 0.3) is 0 Å². The van der Waals surface area contributed by atoms with Gasteiger partial charge >= 0.3 is 0 Å². The molecule has 0 saturated carbocycles. The molecule has 0 fully saturated rings. The molecule has 0 bridgehead atoms. The van der Waals surface area contributed by atoms with Gasteiger partial charge in [0.25, 0.3) is 5.91 Å². The Kier molecular flexibility index (Phi) is 5.22. The smallest absolute Gasteiger partial charge is 0.291 e. The Labute approximate surface area is 158 Å². The van der Waals surface area contributed by atoms with Crippen LogP contribution >= 0.6 is 15.9 Å². The molecule has 26 heavy (non-hydrogen) atoms. The molecule has 2 amide bonds. The van der Waals surface area contributed by atoms with Crippen molar-refractivity contribution in [2.75, 3.05) is 10.6 Å². The van der Waals surface area contributed by atoms with Gasteiger partial charge in [0.1, 0.15) is 5.82 Å². The number of nitrogens with one attached hydrogen (secondary N) is 2. The topological polar surface area (TPSA) is 89.2 Å². The van der Waals surface area contributed by atoms with Crippen LogP contribution in [0.1, 0.15) is 21.8 Å². The number of furan rings is 1. The van der Waals surface area contributed by atoms with Crippen molar-refractivity contribution in [2.45, 2.75) is 13.3 Å². The molecule has 134 valence electrons. The lowest BCUT2D eigenvalue weighted by atomic mass is 10.1. The number of aryl methyl sites for hydroxylation is 2. The van der Waals surface area contributed by atoms with Crippen molar-refractivity contribution in [3.8, 4) is 0 Å². The van der Waals surface area contributed by atoms with Gasteiger partial charge in [-0.3, -0.25) is 14.3 Å². The second-order valence-electron chi connectivity index (χ2n) is 5.77. The van der Waals surface area contributed by atoms with E-state index in [0.29, 0.717) is 16.2 Å². The van der Waals surface area contributed by atoms with Gasteiger partial charge in [-0.25, -0.2) is 0 Å². The number of carbonyl (C=O) groups excluding carboxylic acids is 2. The predicted octanol–water partition coefficient (Wildman–Crippen LogP) is 3.52. The summed E-state index contributed by atoms with van der Waals surface area (Å²) in [6.45, 7) is 1.87. The largest absolute Gasteiger partial charge is 0.444 e. The van der Waals surface area contributed by atoms with Crippen molar-refractivity contribution in [1.29, 1.82) is 0 Å². The zero-order chi connectivity index (χ0) is 18.7. The number of nitrogens with zero attached hydrogens (tertiary/aromatic N) is 2. The second-order valence-corrected chi connectivity index (χ2v) is 6.56. The lowest BCUT2D eigenvalue weighted by Gasteiger charge is -2.07.